The van der Waals surface area contributed by atoms with E-state index in [0.29, 0.717) is 12.5 Å². The summed E-state index contributed by atoms with van der Waals surface area (Å²) in [5.41, 5.74) is 9.59. The average Bonchev–Trinajstić information content (AvgIpc) is 2.55. The number of rotatable bonds is 5. The second-order valence-corrected chi connectivity index (χ2v) is 5.10. The quantitative estimate of drug-likeness (QED) is 0.422. The van der Waals surface area contributed by atoms with Crippen LogP contribution in [0.25, 0.3) is 0 Å². The lowest BCUT2D eigenvalue weighted by atomic mass is 10.1. The lowest BCUT2D eigenvalue weighted by Gasteiger charge is -2.11. The van der Waals surface area contributed by atoms with Gasteiger partial charge in [0.25, 0.3) is 0 Å². The first-order chi connectivity index (χ1) is 11.0. The zero-order valence-corrected chi connectivity index (χ0v) is 16.6. The van der Waals surface area contributed by atoms with Crippen LogP contribution in [-0.4, -0.2) is 25.2 Å². The van der Waals surface area contributed by atoms with E-state index in [1.807, 2.05) is 38.1 Å². The molecule has 1 aromatic heterocycles. The highest BCUT2D eigenvalue weighted by molar-refractivity contribution is 14.0. The third-order valence-corrected chi connectivity index (χ3v) is 3.51. The Hall–Kier alpha value is -2.03. The number of halogens is 1. The van der Waals surface area contributed by atoms with Crippen molar-refractivity contribution in [3.63, 3.8) is 0 Å². The number of anilines is 1. The number of methoxy groups -OCH3 is 2. The van der Waals surface area contributed by atoms with E-state index in [1.165, 1.54) is 0 Å². The minimum atomic E-state index is 0. The van der Waals surface area contributed by atoms with Crippen LogP contribution in [0.15, 0.2) is 35.5 Å². The van der Waals surface area contributed by atoms with E-state index >= 15 is 0 Å². The lowest BCUT2D eigenvalue weighted by Crippen LogP contribution is -2.22. The Morgan fingerprint density at radius 2 is 1.83 bits per heavy atom. The number of ether oxygens (including phenoxy) is 2. The van der Waals surface area contributed by atoms with E-state index < -0.39 is 0 Å². The molecule has 1 heterocycles. The molecule has 130 valence electrons. The summed E-state index contributed by atoms with van der Waals surface area (Å²) in [5, 5.41) is 3.04. The molecule has 0 aliphatic heterocycles. The fourth-order valence-corrected chi connectivity index (χ4v) is 2.25. The maximum absolute atomic E-state index is 5.92. The van der Waals surface area contributed by atoms with Crippen LogP contribution < -0.4 is 20.5 Å². The predicted octanol–water partition coefficient (Wildman–Crippen LogP) is 3.26. The third-order valence-electron chi connectivity index (χ3n) is 3.51. The zero-order chi connectivity index (χ0) is 16.8. The first-order valence-corrected chi connectivity index (χ1v) is 7.25. The smallest absolute Gasteiger partial charge is 0.193 e. The van der Waals surface area contributed by atoms with Crippen molar-refractivity contribution in [2.24, 2.45) is 10.7 Å². The van der Waals surface area contributed by atoms with Gasteiger partial charge >= 0.3 is 0 Å². The van der Waals surface area contributed by atoms with Gasteiger partial charge in [0.05, 0.1) is 26.5 Å². The summed E-state index contributed by atoms with van der Waals surface area (Å²) in [7, 11) is 3.28. The molecule has 0 spiro atoms. The van der Waals surface area contributed by atoms with Crippen LogP contribution in [0.5, 0.6) is 11.5 Å². The van der Waals surface area contributed by atoms with Gasteiger partial charge in [0.2, 0.25) is 0 Å². The van der Waals surface area contributed by atoms with Gasteiger partial charge in [-0.15, -0.1) is 24.0 Å². The highest BCUT2D eigenvalue weighted by Crippen LogP contribution is 2.24. The fraction of sp³-hybridized carbons (Fsp3) is 0.294. The standard InChI is InChI=1S/C17H22N4O2.HI/c1-11-9-19-15(12(2)16(11)23-4)10-20-17(18)21-13-5-7-14(22-3)8-6-13;/h5-9H,10H2,1-4H3,(H3,18,20,21);1H. The Bertz CT molecular complexity index is 702. The molecule has 6 nitrogen and oxygen atoms in total. The van der Waals surface area contributed by atoms with Crippen LogP contribution >= 0.6 is 24.0 Å². The van der Waals surface area contributed by atoms with Crippen molar-refractivity contribution < 1.29 is 9.47 Å². The van der Waals surface area contributed by atoms with Gasteiger partial charge < -0.3 is 20.5 Å². The number of aryl methyl sites for hydroxylation is 1. The Morgan fingerprint density at radius 3 is 2.42 bits per heavy atom. The molecule has 0 saturated carbocycles. The number of aliphatic imine (C=N–C) groups is 1. The van der Waals surface area contributed by atoms with Crippen molar-refractivity contribution >= 4 is 35.6 Å². The van der Waals surface area contributed by atoms with Crippen molar-refractivity contribution in [3.05, 3.63) is 47.3 Å². The van der Waals surface area contributed by atoms with Crippen LogP contribution in [0, 0.1) is 13.8 Å². The van der Waals surface area contributed by atoms with Crippen LogP contribution in [0.1, 0.15) is 16.8 Å². The summed E-state index contributed by atoms with van der Waals surface area (Å²) in [6.45, 7) is 4.32. The number of nitrogens with two attached hydrogens (primary N) is 1. The summed E-state index contributed by atoms with van der Waals surface area (Å²) in [6.07, 6.45) is 1.78. The van der Waals surface area contributed by atoms with Crippen LogP contribution in [0.3, 0.4) is 0 Å². The first kappa shape index (κ1) is 20.0. The summed E-state index contributed by atoms with van der Waals surface area (Å²) in [5.74, 6) is 1.96. The molecule has 0 amide bonds. The number of guanidine groups is 1. The molecule has 0 aliphatic rings. The number of hydrogen-bond acceptors (Lipinski definition) is 4. The summed E-state index contributed by atoms with van der Waals surface area (Å²) in [6, 6.07) is 7.46. The molecule has 0 bridgehead atoms. The van der Waals surface area contributed by atoms with Crippen LogP contribution in [-0.2, 0) is 6.54 Å². The van der Waals surface area contributed by atoms with Gasteiger partial charge in [0.15, 0.2) is 5.96 Å². The predicted molar refractivity (Wildman–Crippen MR) is 108 cm³/mol. The molecule has 2 aromatic rings. The number of hydrogen-bond donors (Lipinski definition) is 2. The third kappa shape index (κ3) is 4.98. The maximum Gasteiger partial charge on any atom is 0.193 e. The largest absolute Gasteiger partial charge is 0.497 e. The summed E-state index contributed by atoms with van der Waals surface area (Å²) >= 11 is 0. The minimum Gasteiger partial charge on any atom is -0.497 e. The number of pyridine rings is 1. The fourth-order valence-electron chi connectivity index (χ4n) is 2.25. The molecular formula is C17H23IN4O2. The number of nitrogens with zero attached hydrogens (tertiary/aromatic N) is 2. The second-order valence-electron chi connectivity index (χ2n) is 5.10. The molecule has 7 heteroatoms. The maximum atomic E-state index is 5.92. The first-order valence-electron chi connectivity index (χ1n) is 7.25. The van der Waals surface area contributed by atoms with Gasteiger partial charge in [-0.05, 0) is 38.1 Å². The van der Waals surface area contributed by atoms with Gasteiger partial charge in [-0.25, -0.2) is 4.99 Å². The Labute approximate surface area is 159 Å². The van der Waals surface area contributed by atoms with E-state index in [4.69, 9.17) is 15.2 Å². The van der Waals surface area contributed by atoms with E-state index in [-0.39, 0.29) is 24.0 Å². The van der Waals surface area contributed by atoms with Gasteiger partial charge in [0.1, 0.15) is 11.5 Å². The normalized spacial score (nSPS) is 10.8. The van der Waals surface area contributed by atoms with Crippen LogP contribution in [0.4, 0.5) is 5.69 Å². The summed E-state index contributed by atoms with van der Waals surface area (Å²) < 4.78 is 10.5. The van der Waals surface area contributed by atoms with E-state index in [0.717, 1.165) is 34.0 Å². The van der Waals surface area contributed by atoms with E-state index in [9.17, 15) is 0 Å². The average molecular weight is 442 g/mol. The lowest BCUT2D eigenvalue weighted by molar-refractivity contribution is 0.407. The van der Waals surface area contributed by atoms with Crippen LogP contribution in [0.2, 0.25) is 0 Å². The molecule has 0 unspecified atom stereocenters. The Kier molecular flexibility index (Phi) is 7.76. The molecule has 3 N–H and O–H groups in total. The minimum absolute atomic E-state index is 0. The number of nitrogens with one attached hydrogen (secondary N) is 1. The number of benzene rings is 1. The Morgan fingerprint density at radius 1 is 1.17 bits per heavy atom. The molecule has 2 rings (SSSR count). The second kappa shape index (κ2) is 9.31. The van der Waals surface area contributed by atoms with Crippen molar-refractivity contribution in [1.82, 2.24) is 4.98 Å². The van der Waals surface area contributed by atoms with Crippen molar-refractivity contribution in [1.29, 1.82) is 0 Å². The number of aromatic nitrogens is 1. The molecule has 0 radical (unpaired) electrons. The SMILES string of the molecule is COc1ccc(NC(N)=NCc2ncc(C)c(OC)c2C)cc1.I. The van der Waals surface area contributed by atoms with Gasteiger partial charge in [-0.3, -0.25) is 4.98 Å². The van der Waals surface area contributed by atoms with E-state index in [2.05, 4.69) is 15.3 Å². The zero-order valence-electron chi connectivity index (χ0n) is 14.3. The summed E-state index contributed by atoms with van der Waals surface area (Å²) in [4.78, 5) is 8.73. The topological polar surface area (TPSA) is 81.8 Å². The molecular weight excluding hydrogens is 419 g/mol. The van der Waals surface area contributed by atoms with Crippen molar-refractivity contribution in [2.75, 3.05) is 19.5 Å². The molecule has 1 aromatic carbocycles. The van der Waals surface area contributed by atoms with Gasteiger partial charge in [-0.1, -0.05) is 0 Å². The highest BCUT2D eigenvalue weighted by Gasteiger charge is 2.09. The molecule has 0 fully saturated rings. The van der Waals surface area contributed by atoms with Crippen molar-refractivity contribution in [2.45, 2.75) is 20.4 Å². The molecule has 0 atom stereocenters. The molecule has 0 aliphatic carbocycles. The van der Waals surface area contributed by atoms with Gasteiger partial charge in [0, 0.05) is 23.0 Å². The highest BCUT2D eigenvalue weighted by atomic mass is 127. The molecule has 24 heavy (non-hydrogen) atoms. The van der Waals surface area contributed by atoms with Crippen molar-refractivity contribution in [3.8, 4) is 11.5 Å². The Balaban J connectivity index is 0.00000288. The van der Waals surface area contributed by atoms with E-state index in [1.54, 1.807) is 20.4 Å². The molecule has 0 saturated heterocycles. The monoisotopic (exact) mass is 442 g/mol. The van der Waals surface area contributed by atoms with Gasteiger partial charge in [-0.2, -0.15) is 0 Å².